The lowest BCUT2D eigenvalue weighted by molar-refractivity contribution is -0.139. The van der Waals surface area contributed by atoms with Gasteiger partial charge in [0.2, 0.25) is 0 Å². The Hall–Kier alpha value is -7.04. The Morgan fingerprint density at radius 3 is 1.17 bits per heavy atom. The molecular weight excluding hydrogens is 752 g/mol. The van der Waals surface area contributed by atoms with Gasteiger partial charge in [-0.05, 0) is 97.1 Å². The topological polar surface area (TPSA) is 192 Å². The molecular formula is C42H38N4O12. The minimum absolute atomic E-state index is 0.0801. The van der Waals surface area contributed by atoms with Crippen molar-refractivity contribution in [2.75, 3.05) is 39.6 Å². The van der Waals surface area contributed by atoms with Gasteiger partial charge in [0.05, 0.1) is 47.1 Å². The molecule has 16 heteroatoms. The van der Waals surface area contributed by atoms with E-state index in [1.54, 1.807) is 97.1 Å². The van der Waals surface area contributed by atoms with Gasteiger partial charge in [0, 0.05) is 12.2 Å². The third kappa shape index (κ3) is 11.5. The molecule has 0 spiro atoms. The fraction of sp³-hybridized carbons (Fsp3) is 0.238. The first-order chi connectivity index (χ1) is 28.3. The highest BCUT2D eigenvalue weighted by atomic mass is 16.7. The lowest BCUT2D eigenvalue weighted by Crippen LogP contribution is -2.36. The second-order valence-corrected chi connectivity index (χ2v) is 12.4. The van der Waals surface area contributed by atoms with Crippen LogP contribution in [0.4, 0.5) is 22.7 Å². The molecule has 2 heterocycles. The Morgan fingerprint density at radius 2 is 0.845 bits per heavy atom. The van der Waals surface area contributed by atoms with Crippen LogP contribution in [-0.2, 0) is 38.0 Å². The molecule has 4 atom stereocenters. The van der Waals surface area contributed by atoms with Crippen LogP contribution in [0.25, 0.3) is 0 Å². The van der Waals surface area contributed by atoms with E-state index in [-0.39, 0.29) is 39.6 Å². The van der Waals surface area contributed by atoms with E-state index in [1.165, 1.54) is 0 Å². The molecule has 298 valence electrons. The average Bonchev–Trinajstić information content (AvgIpc) is 3.85. The number of rotatable bonds is 18. The summed E-state index contributed by atoms with van der Waals surface area (Å²) in [5.74, 6) is -1.01. The number of hydrogen-bond acceptors (Lipinski definition) is 16. The van der Waals surface area contributed by atoms with E-state index in [2.05, 4.69) is 33.6 Å². The minimum Gasteiger partial charge on any atom is -0.490 e. The monoisotopic (exact) mass is 790 g/mol. The molecule has 2 saturated heterocycles. The predicted octanol–water partition coefficient (Wildman–Crippen LogP) is 7.28. The molecule has 0 amide bonds. The Labute approximate surface area is 332 Å². The maximum atomic E-state index is 13.0. The first kappa shape index (κ1) is 40.6. The van der Waals surface area contributed by atoms with E-state index < -0.39 is 48.3 Å². The molecule has 0 saturated carbocycles. The van der Waals surface area contributed by atoms with Gasteiger partial charge in [-0.25, -0.2) is 19.2 Å². The van der Waals surface area contributed by atoms with Gasteiger partial charge in [-0.2, -0.15) is 20.5 Å². The van der Waals surface area contributed by atoms with Gasteiger partial charge in [-0.15, -0.1) is 0 Å². The van der Waals surface area contributed by atoms with E-state index in [0.29, 0.717) is 45.4 Å². The van der Waals surface area contributed by atoms with Crippen molar-refractivity contribution in [1.82, 2.24) is 0 Å². The number of fused-ring (bicyclic) bond motifs is 1. The maximum Gasteiger partial charge on any atom is 0.338 e. The van der Waals surface area contributed by atoms with Crippen molar-refractivity contribution >= 4 is 46.6 Å². The summed E-state index contributed by atoms with van der Waals surface area (Å²) in [6.07, 6.45) is -0.432. The van der Waals surface area contributed by atoms with Gasteiger partial charge < -0.3 is 37.9 Å². The molecule has 0 bridgehead atoms. The van der Waals surface area contributed by atoms with Crippen molar-refractivity contribution in [1.29, 1.82) is 0 Å². The fourth-order valence-corrected chi connectivity index (χ4v) is 5.54. The summed E-state index contributed by atoms with van der Waals surface area (Å²) in [7, 11) is 0. The van der Waals surface area contributed by atoms with Gasteiger partial charge in [-0.3, -0.25) is 0 Å². The second-order valence-electron chi connectivity index (χ2n) is 12.4. The van der Waals surface area contributed by atoms with Crippen molar-refractivity contribution in [3.63, 3.8) is 0 Å². The lowest BCUT2D eigenvalue weighted by Gasteiger charge is -2.17. The Kier molecular flexibility index (Phi) is 14.2. The molecule has 0 radical (unpaired) electrons. The molecule has 0 N–H and O–H groups in total. The van der Waals surface area contributed by atoms with E-state index in [1.807, 2.05) is 0 Å². The number of carbonyl (C=O) groups excluding carboxylic acids is 4. The molecule has 4 aromatic carbocycles. The predicted molar refractivity (Wildman–Crippen MR) is 205 cm³/mol. The molecule has 2 fully saturated rings. The Bertz CT molecular complexity index is 1970. The van der Waals surface area contributed by atoms with Crippen molar-refractivity contribution < 1.29 is 57.1 Å². The van der Waals surface area contributed by atoms with Crippen molar-refractivity contribution in [3.8, 4) is 11.5 Å². The number of nitrogens with zero attached hydrogens (tertiary/aromatic N) is 4. The van der Waals surface area contributed by atoms with Crippen LogP contribution in [0.5, 0.6) is 11.5 Å². The number of ether oxygens (including phenoxy) is 8. The summed E-state index contributed by atoms with van der Waals surface area (Å²) in [5, 5.41) is 16.8. The van der Waals surface area contributed by atoms with E-state index >= 15 is 0 Å². The quantitative estimate of drug-likeness (QED) is 0.0322. The number of benzene rings is 4. The molecule has 4 aromatic rings. The average molecular weight is 791 g/mol. The van der Waals surface area contributed by atoms with Gasteiger partial charge in [0.15, 0.2) is 12.2 Å². The highest BCUT2D eigenvalue weighted by Crippen LogP contribution is 2.32. The highest BCUT2D eigenvalue weighted by Gasteiger charge is 2.51. The smallest absolute Gasteiger partial charge is 0.338 e. The molecule has 2 aliphatic rings. The molecule has 2 unspecified atom stereocenters. The zero-order valence-corrected chi connectivity index (χ0v) is 31.0. The van der Waals surface area contributed by atoms with Gasteiger partial charge in [0.1, 0.15) is 50.1 Å². The van der Waals surface area contributed by atoms with Crippen molar-refractivity contribution in [2.24, 2.45) is 20.5 Å². The summed E-state index contributed by atoms with van der Waals surface area (Å²) < 4.78 is 43.9. The maximum absolute atomic E-state index is 13.0. The first-order valence-electron chi connectivity index (χ1n) is 18.0. The third-order valence-corrected chi connectivity index (χ3v) is 8.45. The van der Waals surface area contributed by atoms with Crippen LogP contribution >= 0.6 is 0 Å². The zero-order chi connectivity index (χ0) is 40.7. The molecule has 16 nitrogen and oxygen atoms in total. The molecule has 58 heavy (non-hydrogen) atoms. The number of esters is 4. The largest absolute Gasteiger partial charge is 0.490 e. The minimum atomic E-state index is -0.697. The van der Waals surface area contributed by atoms with Crippen LogP contribution in [0, 0.1) is 0 Å². The number of azo groups is 2. The van der Waals surface area contributed by atoms with E-state index in [9.17, 15) is 19.2 Å². The van der Waals surface area contributed by atoms with Gasteiger partial charge in [-0.1, -0.05) is 13.2 Å². The summed E-state index contributed by atoms with van der Waals surface area (Å²) >= 11 is 0. The van der Waals surface area contributed by atoms with Crippen LogP contribution in [-0.4, -0.2) is 87.9 Å². The molecule has 0 aliphatic carbocycles. The normalized spacial score (nSPS) is 18.3. The van der Waals surface area contributed by atoms with Crippen LogP contribution in [0.1, 0.15) is 20.7 Å². The first-order valence-corrected chi connectivity index (χ1v) is 18.0. The number of hydrogen-bond donors (Lipinski definition) is 0. The number of carbonyl (C=O) groups is 4. The van der Waals surface area contributed by atoms with Gasteiger partial charge >= 0.3 is 23.9 Å². The van der Waals surface area contributed by atoms with Crippen molar-refractivity contribution in [2.45, 2.75) is 24.4 Å². The summed E-state index contributed by atoms with van der Waals surface area (Å²) in [6, 6.07) is 26.6. The summed E-state index contributed by atoms with van der Waals surface area (Å²) in [6.45, 7) is 7.42. The van der Waals surface area contributed by atoms with Crippen LogP contribution in [0.15, 0.2) is 143 Å². The Morgan fingerprint density at radius 1 is 0.517 bits per heavy atom. The zero-order valence-electron chi connectivity index (χ0n) is 31.0. The lowest BCUT2D eigenvalue weighted by atomic mass is 10.1. The van der Waals surface area contributed by atoms with Crippen molar-refractivity contribution in [3.05, 3.63) is 133 Å². The van der Waals surface area contributed by atoms with Crippen LogP contribution in [0.2, 0.25) is 0 Å². The van der Waals surface area contributed by atoms with Crippen LogP contribution in [0.3, 0.4) is 0 Å². The standard InChI is InChI=1S/C42H38N4O12/c1-3-37(47)53-23-21-51-33-17-13-31(14-18-33)45-43-29-9-5-27(6-10-29)41(49)57-35-25-55-40-36(26-56-39(35)40)58-42(50)28-7-11-30(12-8-28)44-46-32-15-19-34(20-16-32)52-22-24-54-38(48)4-2/h3-20,35-36,39-40H,1-2,21-26H2/b45-43+,46-44+/t35-,36+,39?,40?. The SMILES string of the molecule is C=CC(=O)OCCOc1ccc(/N=N/c2ccc(C(=O)O[C@H]3COC4C3OC[C@H]4OC(=O)c3ccc(/N=N/c4ccc(OCCOC(=O)C=C)cc4)cc3)cc2)cc1. The molecule has 6 rings (SSSR count). The molecule has 0 aromatic heterocycles. The highest BCUT2D eigenvalue weighted by molar-refractivity contribution is 5.90. The van der Waals surface area contributed by atoms with E-state index in [4.69, 9.17) is 37.9 Å². The summed E-state index contributed by atoms with van der Waals surface area (Å²) in [5.41, 5.74) is 2.81. The fourth-order valence-electron chi connectivity index (χ4n) is 5.54. The van der Waals surface area contributed by atoms with Crippen LogP contribution < -0.4 is 9.47 Å². The van der Waals surface area contributed by atoms with Gasteiger partial charge in [0.25, 0.3) is 0 Å². The van der Waals surface area contributed by atoms with E-state index in [0.717, 1.165) is 12.2 Å². The Balaban J connectivity index is 0.918. The third-order valence-electron chi connectivity index (χ3n) is 8.45. The summed E-state index contributed by atoms with van der Waals surface area (Å²) in [4.78, 5) is 48.1. The second kappa shape index (κ2) is 20.2. The molecule has 2 aliphatic heterocycles.